The first-order valence-corrected chi connectivity index (χ1v) is 11.7. The number of para-hydroxylation sites is 1. The van der Waals surface area contributed by atoms with E-state index in [9.17, 15) is 13.2 Å². The molecule has 0 bridgehead atoms. The minimum Gasteiger partial charge on any atom is -0.491 e. The van der Waals surface area contributed by atoms with Gasteiger partial charge in [0.05, 0.1) is 11.7 Å². The van der Waals surface area contributed by atoms with Crippen LogP contribution in [0.2, 0.25) is 0 Å². The molecule has 30 heavy (non-hydrogen) atoms. The van der Waals surface area contributed by atoms with Crippen LogP contribution in [0, 0.1) is 6.92 Å². The fraction of sp³-hybridized carbons (Fsp3) is 0.227. The zero-order valence-corrected chi connectivity index (χ0v) is 18.7. The lowest BCUT2D eigenvalue weighted by Crippen LogP contribution is -2.36. The van der Waals surface area contributed by atoms with Crippen molar-refractivity contribution in [3.63, 3.8) is 0 Å². The number of sulfonamides is 1. The minimum atomic E-state index is -3.60. The predicted octanol–water partition coefficient (Wildman–Crippen LogP) is 4.08. The van der Waals surface area contributed by atoms with Crippen molar-refractivity contribution in [2.45, 2.75) is 24.1 Å². The topological polar surface area (TPSA) is 75.7 Å². The van der Waals surface area contributed by atoms with E-state index in [1.165, 1.54) is 22.7 Å². The van der Waals surface area contributed by atoms with Crippen LogP contribution in [-0.2, 0) is 10.0 Å². The smallest absolute Gasteiger partial charge is 0.273 e. The molecular formula is C22H24N2O4S2. The first kappa shape index (κ1) is 21.9. The van der Waals surface area contributed by atoms with Crippen LogP contribution < -0.4 is 14.4 Å². The molecule has 0 aliphatic heterocycles. The van der Waals surface area contributed by atoms with Crippen molar-refractivity contribution in [3.8, 4) is 5.75 Å². The van der Waals surface area contributed by atoms with Gasteiger partial charge in [-0.3, -0.25) is 9.10 Å². The summed E-state index contributed by atoms with van der Waals surface area (Å²) in [5.41, 5.74) is 1.97. The standard InChI is InChI=1S/C22H24N2O4S2/c1-16-7-4-5-8-20(16)28-15-17(2)23-22(25)18-10-12-19(13-11-18)24(3)30(26,27)21-9-6-14-29-21/h4-14,17H,15H2,1-3H3,(H,23,25). The van der Waals surface area contributed by atoms with Gasteiger partial charge in [-0.1, -0.05) is 24.3 Å². The molecular weight excluding hydrogens is 420 g/mol. The Bertz CT molecular complexity index is 1090. The Kier molecular flexibility index (Phi) is 6.79. The fourth-order valence-corrected chi connectivity index (χ4v) is 5.15. The second-order valence-electron chi connectivity index (χ2n) is 6.90. The highest BCUT2D eigenvalue weighted by Crippen LogP contribution is 2.25. The number of thiophene rings is 1. The highest BCUT2D eigenvalue weighted by Gasteiger charge is 2.22. The van der Waals surface area contributed by atoms with Gasteiger partial charge >= 0.3 is 0 Å². The van der Waals surface area contributed by atoms with Crippen LogP contribution in [0.1, 0.15) is 22.8 Å². The Morgan fingerprint density at radius 3 is 2.43 bits per heavy atom. The van der Waals surface area contributed by atoms with E-state index >= 15 is 0 Å². The number of hydrogen-bond donors (Lipinski definition) is 1. The number of benzene rings is 2. The van der Waals surface area contributed by atoms with Crippen LogP contribution in [0.3, 0.4) is 0 Å². The molecule has 3 rings (SSSR count). The fourth-order valence-electron chi connectivity index (χ4n) is 2.79. The number of carbonyl (C=O) groups is 1. The molecule has 0 saturated heterocycles. The van der Waals surface area contributed by atoms with Gasteiger partial charge in [-0.05, 0) is 61.2 Å². The lowest BCUT2D eigenvalue weighted by molar-refractivity contribution is 0.0926. The van der Waals surface area contributed by atoms with E-state index in [-0.39, 0.29) is 16.2 Å². The largest absolute Gasteiger partial charge is 0.491 e. The molecule has 3 aromatic rings. The van der Waals surface area contributed by atoms with E-state index in [1.807, 2.05) is 38.1 Å². The third kappa shape index (κ3) is 5.01. The maximum absolute atomic E-state index is 12.6. The summed E-state index contributed by atoms with van der Waals surface area (Å²) in [6.07, 6.45) is 0. The van der Waals surface area contributed by atoms with Crippen LogP contribution in [-0.4, -0.2) is 34.0 Å². The normalized spacial score (nSPS) is 12.2. The van der Waals surface area contributed by atoms with Crippen molar-refractivity contribution in [3.05, 3.63) is 77.2 Å². The maximum atomic E-state index is 12.6. The highest BCUT2D eigenvalue weighted by molar-refractivity contribution is 7.94. The van der Waals surface area contributed by atoms with Gasteiger partial charge in [0.2, 0.25) is 0 Å². The number of anilines is 1. The third-order valence-corrected chi connectivity index (χ3v) is 7.72. The van der Waals surface area contributed by atoms with Crippen molar-refractivity contribution >= 4 is 33.0 Å². The zero-order chi connectivity index (χ0) is 21.7. The molecule has 158 valence electrons. The summed E-state index contributed by atoms with van der Waals surface area (Å²) in [4.78, 5) is 12.5. The average molecular weight is 445 g/mol. The number of aryl methyl sites for hydroxylation is 1. The van der Waals surface area contributed by atoms with Gasteiger partial charge in [-0.25, -0.2) is 8.42 Å². The van der Waals surface area contributed by atoms with Crippen LogP contribution in [0.25, 0.3) is 0 Å². The lowest BCUT2D eigenvalue weighted by Gasteiger charge is -2.19. The third-order valence-electron chi connectivity index (χ3n) is 4.56. The van der Waals surface area contributed by atoms with Crippen molar-refractivity contribution in [1.29, 1.82) is 0 Å². The minimum absolute atomic E-state index is 0.196. The van der Waals surface area contributed by atoms with Gasteiger partial charge < -0.3 is 10.1 Å². The molecule has 0 aliphatic rings. The van der Waals surface area contributed by atoms with Gasteiger partial charge in [0.1, 0.15) is 16.6 Å². The number of nitrogens with one attached hydrogen (secondary N) is 1. The molecule has 8 heteroatoms. The van der Waals surface area contributed by atoms with Gasteiger partial charge in [-0.15, -0.1) is 11.3 Å². The maximum Gasteiger partial charge on any atom is 0.273 e. The van der Waals surface area contributed by atoms with Crippen LogP contribution in [0.4, 0.5) is 5.69 Å². The summed E-state index contributed by atoms with van der Waals surface area (Å²) >= 11 is 1.17. The van der Waals surface area contributed by atoms with Gasteiger partial charge in [0.15, 0.2) is 0 Å². The van der Waals surface area contributed by atoms with Gasteiger partial charge in [0, 0.05) is 12.6 Å². The molecule has 0 fully saturated rings. The van der Waals surface area contributed by atoms with Crippen molar-refractivity contribution in [2.75, 3.05) is 18.0 Å². The van der Waals surface area contributed by atoms with Crippen LogP contribution >= 0.6 is 11.3 Å². The van der Waals surface area contributed by atoms with E-state index in [0.29, 0.717) is 17.9 Å². The van der Waals surface area contributed by atoms with E-state index in [4.69, 9.17) is 4.74 Å². The van der Waals surface area contributed by atoms with Crippen LogP contribution in [0.5, 0.6) is 5.75 Å². The second kappa shape index (κ2) is 9.32. The molecule has 1 aromatic heterocycles. The number of carbonyl (C=O) groups excluding carboxylic acids is 1. The summed E-state index contributed by atoms with van der Waals surface area (Å²) in [5.74, 6) is 0.545. The number of ether oxygens (including phenoxy) is 1. The highest BCUT2D eigenvalue weighted by atomic mass is 32.2. The number of amides is 1. The molecule has 6 nitrogen and oxygen atoms in total. The Labute approximate surface area is 181 Å². The summed E-state index contributed by atoms with van der Waals surface area (Å²) in [6, 6.07) is 17.2. The summed E-state index contributed by atoms with van der Waals surface area (Å²) in [5, 5.41) is 4.61. The number of hydrogen-bond acceptors (Lipinski definition) is 5. The molecule has 0 aliphatic carbocycles. The molecule has 1 amide bonds. The number of nitrogens with zero attached hydrogens (tertiary/aromatic N) is 1. The monoisotopic (exact) mass is 444 g/mol. The summed E-state index contributed by atoms with van der Waals surface area (Å²) in [6.45, 7) is 4.18. The quantitative estimate of drug-likeness (QED) is 0.568. The summed E-state index contributed by atoms with van der Waals surface area (Å²) < 4.78 is 32.5. The molecule has 1 atom stereocenters. The Morgan fingerprint density at radius 2 is 1.80 bits per heavy atom. The van der Waals surface area contributed by atoms with E-state index < -0.39 is 10.0 Å². The average Bonchev–Trinajstić information content (AvgIpc) is 3.28. The van der Waals surface area contributed by atoms with Crippen LogP contribution in [0.15, 0.2) is 70.3 Å². The molecule has 1 N–H and O–H groups in total. The molecule has 1 heterocycles. The molecule has 1 unspecified atom stereocenters. The summed E-state index contributed by atoms with van der Waals surface area (Å²) in [7, 11) is -2.11. The Morgan fingerprint density at radius 1 is 1.10 bits per heavy atom. The molecule has 0 saturated carbocycles. The van der Waals surface area contributed by atoms with Gasteiger partial charge in [0.25, 0.3) is 15.9 Å². The van der Waals surface area contributed by atoms with E-state index in [0.717, 1.165) is 11.3 Å². The lowest BCUT2D eigenvalue weighted by atomic mass is 10.2. The van der Waals surface area contributed by atoms with E-state index in [2.05, 4.69) is 5.32 Å². The van der Waals surface area contributed by atoms with Crippen molar-refractivity contribution in [2.24, 2.45) is 0 Å². The molecule has 0 radical (unpaired) electrons. The van der Waals surface area contributed by atoms with Gasteiger partial charge in [-0.2, -0.15) is 0 Å². The Balaban J connectivity index is 1.60. The Hall–Kier alpha value is -2.84. The first-order valence-electron chi connectivity index (χ1n) is 9.41. The van der Waals surface area contributed by atoms with Crippen molar-refractivity contribution in [1.82, 2.24) is 5.32 Å². The van der Waals surface area contributed by atoms with Crippen molar-refractivity contribution < 1.29 is 17.9 Å². The predicted molar refractivity (Wildman–Crippen MR) is 120 cm³/mol. The first-order chi connectivity index (χ1) is 14.3. The molecule has 2 aromatic carbocycles. The second-order valence-corrected chi connectivity index (χ2v) is 10.0. The number of rotatable bonds is 8. The van der Waals surface area contributed by atoms with E-state index in [1.54, 1.807) is 41.8 Å². The SMILES string of the molecule is Cc1ccccc1OCC(C)NC(=O)c1ccc(N(C)S(=O)(=O)c2cccs2)cc1. The zero-order valence-electron chi connectivity index (χ0n) is 17.0. The molecule has 0 spiro atoms.